The van der Waals surface area contributed by atoms with E-state index in [-0.39, 0.29) is 41.7 Å². The summed E-state index contributed by atoms with van der Waals surface area (Å²) >= 11 is 1.34. The zero-order valence-electron chi connectivity index (χ0n) is 21.3. The Bertz CT molecular complexity index is 1090. The van der Waals surface area contributed by atoms with Gasteiger partial charge in [0.05, 0.1) is 17.5 Å². The quantitative estimate of drug-likeness (QED) is 0.579. The Morgan fingerprint density at radius 3 is 2.51 bits per heavy atom. The van der Waals surface area contributed by atoms with Crippen LogP contribution in [0, 0.1) is 6.92 Å². The van der Waals surface area contributed by atoms with Crippen LogP contribution in [0.25, 0.3) is 0 Å². The van der Waals surface area contributed by atoms with Gasteiger partial charge in [-0.15, -0.1) is 0 Å². The molecule has 35 heavy (non-hydrogen) atoms. The van der Waals surface area contributed by atoms with Crippen LogP contribution >= 0.6 is 11.8 Å². The van der Waals surface area contributed by atoms with Crippen LogP contribution in [0.3, 0.4) is 0 Å². The molecule has 9 nitrogen and oxygen atoms in total. The number of hydrogen-bond acceptors (Lipinski definition) is 7. The third-order valence-electron chi connectivity index (χ3n) is 5.86. The largest absolute Gasteiger partial charge is 0.444 e. The predicted octanol–water partition coefficient (Wildman–Crippen LogP) is 3.36. The second-order valence-electron chi connectivity index (χ2n) is 9.78. The molecule has 1 N–H and O–H groups in total. The van der Waals surface area contributed by atoms with Crippen molar-refractivity contribution in [2.75, 3.05) is 40.9 Å². The fourth-order valence-electron chi connectivity index (χ4n) is 4.29. The first-order chi connectivity index (χ1) is 16.3. The molecular formula is C24H36N4O5S2. The molecule has 2 atom stereocenters. The Morgan fingerprint density at radius 2 is 1.91 bits per heavy atom. The number of hydrogen-bond donors (Lipinski definition) is 1. The number of carbonyl (C=O) groups excluding carboxylic acids is 2. The van der Waals surface area contributed by atoms with Crippen molar-refractivity contribution in [1.82, 2.24) is 5.32 Å². The number of anilines is 2. The first kappa shape index (κ1) is 27.3. The van der Waals surface area contributed by atoms with E-state index < -0.39 is 21.5 Å². The Balaban J connectivity index is 1.80. The van der Waals surface area contributed by atoms with Crippen molar-refractivity contribution in [2.24, 2.45) is 4.99 Å². The van der Waals surface area contributed by atoms with Gasteiger partial charge in [0, 0.05) is 42.7 Å². The van der Waals surface area contributed by atoms with E-state index in [0.29, 0.717) is 5.17 Å². The van der Waals surface area contributed by atoms with Crippen molar-refractivity contribution in [1.29, 1.82) is 0 Å². The van der Waals surface area contributed by atoms with Crippen molar-refractivity contribution in [3.8, 4) is 0 Å². The zero-order chi connectivity index (χ0) is 26.0. The number of sulfone groups is 1. The van der Waals surface area contributed by atoms with Crippen LogP contribution in [0.2, 0.25) is 0 Å². The molecule has 2 amide bonds. The van der Waals surface area contributed by atoms with Gasteiger partial charge < -0.3 is 19.9 Å². The van der Waals surface area contributed by atoms with Crippen molar-refractivity contribution in [3.05, 3.63) is 23.8 Å². The average Bonchev–Trinajstić information content (AvgIpc) is 3.18. The number of nitrogens with zero attached hydrogens (tertiary/aromatic N) is 3. The van der Waals surface area contributed by atoms with E-state index in [4.69, 9.17) is 4.74 Å². The van der Waals surface area contributed by atoms with Crippen LogP contribution in [0.1, 0.15) is 46.6 Å². The minimum atomic E-state index is -3.15. The summed E-state index contributed by atoms with van der Waals surface area (Å²) in [6.07, 6.45) is -0.566. The van der Waals surface area contributed by atoms with Crippen LogP contribution in [0.15, 0.2) is 23.2 Å². The van der Waals surface area contributed by atoms with E-state index in [1.165, 1.54) is 11.8 Å². The van der Waals surface area contributed by atoms with E-state index in [0.717, 1.165) is 30.0 Å². The highest BCUT2D eigenvalue weighted by Gasteiger charge is 2.49. The molecule has 0 spiro atoms. The highest BCUT2D eigenvalue weighted by molar-refractivity contribution is 8.16. The second-order valence-corrected chi connectivity index (χ2v) is 13.1. The summed E-state index contributed by atoms with van der Waals surface area (Å²) in [6.45, 7) is 13.4. The number of carbonyl (C=O) groups is 2. The SMILES string of the molecule is CCN(CC)c1ccc(N2C(=NC(=O)CCNC(=O)OC(C)(C)C)S[C@@H]3CS(=O)(=O)C[C@H]32)c(C)c1. The third kappa shape index (κ3) is 6.91. The first-order valence-corrected chi connectivity index (χ1v) is 14.6. The number of thioether (sulfide) groups is 1. The van der Waals surface area contributed by atoms with Gasteiger partial charge in [0.1, 0.15) is 5.60 Å². The summed E-state index contributed by atoms with van der Waals surface area (Å²) in [5.74, 6) is -0.271. The molecule has 2 saturated heterocycles. The fourth-order valence-corrected chi connectivity index (χ4v) is 8.21. The standard InChI is InChI=1S/C24H36N4O5S2/c1-7-27(8-2)17-9-10-18(16(3)13-17)28-19-14-35(31,32)15-20(19)34-22(28)26-21(29)11-12-25-23(30)33-24(4,5)6/h9-10,13,19-20H,7-8,11-12,14-15H2,1-6H3,(H,25,30)/t19-,20-/m1/s1. The Kier molecular flexibility index (Phi) is 8.41. The maximum atomic E-state index is 12.7. The van der Waals surface area contributed by atoms with Crippen molar-refractivity contribution in [3.63, 3.8) is 0 Å². The van der Waals surface area contributed by atoms with Gasteiger partial charge in [0.25, 0.3) is 0 Å². The maximum Gasteiger partial charge on any atom is 0.407 e. The van der Waals surface area contributed by atoms with Crippen LogP contribution in [-0.4, -0.2) is 73.6 Å². The Labute approximate surface area is 212 Å². The number of aryl methyl sites for hydroxylation is 1. The highest BCUT2D eigenvalue weighted by Crippen LogP contribution is 2.42. The molecule has 0 unspecified atom stereocenters. The molecule has 2 aliphatic rings. The number of fused-ring (bicyclic) bond motifs is 1. The molecule has 0 radical (unpaired) electrons. The van der Waals surface area contributed by atoms with E-state index in [1.54, 1.807) is 20.8 Å². The number of rotatable bonds is 7. The first-order valence-electron chi connectivity index (χ1n) is 11.9. The Morgan fingerprint density at radius 1 is 1.23 bits per heavy atom. The number of amides is 2. The van der Waals surface area contributed by atoms with Crippen LogP contribution in [0.4, 0.5) is 16.2 Å². The van der Waals surface area contributed by atoms with Crippen LogP contribution in [0.5, 0.6) is 0 Å². The lowest BCUT2D eigenvalue weighted by Crippen LogP contribution is -2.38. The minimum absolute atomic E-state index is 0.0185. The lowest BCUT2D eigenvalue weighted by atomic mass is 10.1. The van der Waals surface area contributed by atoms with Gasteiger partial charge in [-0.05, 0) is 65.3 Å². The van der Waals surface area contributed by atoms with Gasteiger partial charge in [-0.3, -0.25) is 4.79 Å². The average molecular weight is 525 g/mol. The molecule has 0 saturated carbocycles. The van der Waals surface area contributed by atoms with Crippen LogP contribution < -0.4 is 15.1 Å². The van der Waals surface area contributed by atoms with Gasteiger partial charge in [0.2, 0.25) is 5.91 Å². The molecule has 0 aromatic heterocycles. The number of amidine groups is 1. The summed E-state index contributed by atoms with van der Waals surface area (Å²) in [5.41, 5.74) is 2.33. The number of alkyl carbamates (subject to hydrolysis) is 1. The van der Waals surface area contributed by atoms with E-state index in [9.17, 15) is 18.0 Å². The molecule has 1 aromatic rings. The number of ether oxygens (including phenoxy) is 1. The fraction of sp³-hybridized carbons (Fsp3) is 0.625. The lowest BCUT2D eigenvalue weighted by molar-refractivity contribution is -0.117. The van der Waals surface area contributed by atoms with Gasteiger partial charge in [0.15, 0.2) is 15.0 Å². The summed E-state index contributed by atoms with van der Waals surface area (Å²) in [7, 11) is -3.15. The number of benzene rings is 1. The van der Waals surface area contributed by atoms with Crippen molar-refractivity contribution < 1.29 is 22.7 Å². The summed E-state index contributed by atoms with van der Waals surface area (Å²) in [5, 5.41) is 2.91. The smallest absolute Gasteiger partial charge is 0.407 e. The zero-order valence-corrected chi connectivity index (χ0v) is 23.0. The molecule has 2 aliphatic heterocycles. The second kappa shape index (κ2) is 10.8. The third-order valence-corrected chi connectivity index (χ3v) is 9.07. The minimum Gasteiger partial charge on any atom is -0.444 e. The van der Waals surface area contributed by atoms with Gasteiger partial charge >= 0.3 is 6.09 Å². The predicted molar refractivity (Wildman–Crippen MR) is 142 cm³/mol. The number of aliphatic imine (C=N–C) groups is 1. The molecular weight excluding hydrogens is 488 g/mol. The van der Waals surface area contributed by atoms with Crippen molar-refractivity contribution >= 4 is 50.1 Å². The van der Waals surface area contributed by atoms with Gasteiger partial charge in [-0.25, -0.2) is 13.2 Å². The Hall–Kier alpha value is -2.27. The lowest BCUT2D eigenvalue weighted by Gasteiger charge is -2.28. The molecule has 194 valence electrons. The maximum absolute atomic E-state index is 12.7. The van der Waals surface area contributed by atoms with E-state index in [2.05, 4.69) is 35.1 Å². The van der Waals surface area contributed by atoms with Gasteiger partial charge in [-0.1, -0.05) is 11.8 Å². The molecule has 2 heterocycles. The summed E-state index contributed by atoms with van der Waals surface area (Å²) in [6, 6.07) is 5.84. The summed E-state index contributed by atoms with van der Waals surface area (Å²) in [4.78, 5) is 33.0. The van der Waals surface area contributed by atoms with E-state index in [1.807, 2.05) is 24.0 Å². The highest BCUT2D eigenvalue weighted by atomic mass is 32.2. The van der Waals surface area contributed by atoms with Crippen LogP contribution in [-0.2, 0) is 19.4 Å². The number of nitrogens with one attached hydrogen (secondary N) is 1. The molecule has 1 aromatic carbocycles. The molecule has 0 bridgehead atoms. The monoisotopic (exact) mass is 524 g/mol. The summed E-state index contributed by atoms with van der Waals surface area (Å²) < 4.78 is 29.9. The molecule has 11 heteroatoms. The molecule has 3 rings (SSSR count). The van der Waals surface area contributed by atoms with Crippen molar-refractivity contribution in [2.45, 2.75) is 64.9 Å². The molecule has 2 fully saturated rings. The normalized spacial score (nSPS) is 22.2. The van der Waals surface area contributed by atoms with Gasteiger partial charge in [-0.2, -0.15) is 4.99 Å². The topological polar surface area (TPSA) is 108 Å². The molecule has 0 aliphatic carbocycles. The van der Waals surface area contributed by atoms with E-state index >= 15 is 0 Å².